The molecule has 0 radical (unpaired) electrons. The van der Waals surface area contributed by atoms with Gasteiger partial charge in [0.15, 0.2) is 0 Å². The average molecular weight is 240 g/mol. The van der Waals surface area contributed by atoms with Crippen LogP contribution in [0.4, 0.5) is 0 Å². The number of carbonyl (C=O) groups excluding carboxylic acids is 1. The summed E-state index contributed by atoms with van der Waals surface area (Å²) in [5.41, 5.74) is 0. The number of likely N-dealkylation sites (tertiary alicyclic amines) is 1. The first-order valence-corrected chi connectivity index (χ1v) is 7.54. The van der Waals surface area contributed by atoms with Crippen LogP contribution < -0.4 is 5.32 Å². The van der Waals surface area contributed by atoms with E-state index in [0.29, 0.717) is 17.2 Å². The number of rotatable bonds is 4. The first-order valence-electron chi connectivity index (χ1n) is 6.49. The third kappa shape index (κ3) is 2.38. The highest BCUT2D eigenvalue weighted by Gasteiger charge is 2.36. The molecular weight excluding hydrogens is 220 g/mol. The topological polar surface area (TPSA) is 32.3 Å². The second-order valence-corrected chi connectivity index (χ2v) is 6.61. The number of nitrogens with one attached hydrogen (secondary N) is 1. The van der Waals surface area contributed by atoms with Gasteiger partial charge >= 0.3 is 0 Å². The highest BCUT2D eigenvalue weighted by molar-refractivity contribution is 8.00. The lowest BCUT2D eigenvalue weighted by Crippen LogP contribution is -2.41. The van der Waals surface area contributed by atoms with E-state index >= 15 is 0 Å². The predicted molar refractivity (Wildman–Crippen MR) is 66.6 cm³/mol. The number of thioether (sulfide) groups is 1. The Bertz CT molecular complexity index is 274. The Morgan fingerprint density at radius 1 is 1.31 bits per heavy atom. The Morgan fingerprint density at radius 3 is 2.88 bits per heavy atom. The molecule has 0 spiro atoms. The summed E-state index contributed by atoms with van der Waals surface area (Å²) in [6.07, 6.45) is 6.19. The van der Waals surface area contributed by atoms with Gasteiger partial charge in [-0.1, -0.05) is 0 Å². The predicted octanol–water partition coefficient (Wildman–Crippen LogP) is 1.23. The van der Waals surface area contributed by atoms with Crippen LogP contribution in [-0.4, -0.2) is 47.0 Å². The molecule has 1 N–H and O–H groups in total. The fraction of sp³-hybridized carbons (Fsp3) is 0.917. The molecule has 0 bridgehead atoms. The van der Waals surface area contributed by atoms with Gasteiger partial charge in [-0.05, 0) is 37.9 Å². The summed E-state index contributed by atoms with van der Waals surface area (Å²) in [7, 11) is 0. The van der Waals surface area contributed by atoms with Crippen molar-refractivity contribution in [2.45, 2.75) is 49.4 Å². The second-order valence-electron chi connectivity index (χ2n) is 5.20. The maximum atomic E-state index is 12.1. The Morgan fingerprint density at radius 2 is 2.19 bits per heavy atom. The zero-order valence-corrected chi connectivity index (χ0v) is 10.5. The van der Waals surface area contributed by atoms with Gasteiger partial charge in [-0.15, -0.1) is 0 Å². The Balaban J connectivity index is 1.50. The number of hydrogen-bond donors (Lipinski definition) is 1. The molecule has 4 heteroatoms. The Labute approximate surface area is 101 Å². The molecule has 1 aliphatic carbocycles. The van der Waals surface area contributed by atoms with Crippen molar-refractivity contribution >= 4 is 17.7 Å². The summed E-state index contributed by atoms with van der Waals surface area (Å²) < 4.78 is 0. The summed E-state index contributed by atoms with van der Waals surface area (Å²) in [6, 6.07) is 0.786. The van der Waals surface area contributed by atoms with E-state index in [1.54, 1.807) is 0 Å². The minimum Gasteiger partial charge on any atom is -0.340 e. The van der Waals surface area contributed by atoms with Gasteiger partial charge in [0, 0.05) is 24.4 Å². The highest BCUT2D eigenvalue weighted by Crippen LogP contribution is 2.28. The number of hydrogen-bond acceptors (Lipinski definition) is 3. The zero-order valence-electron chi connectivity index (χ0n) is 9.65. The lowest BCUT2D eigenvalue weighted by Gasteiger charge is -2.20. The molecule has 1 amide bonds. The van der Waals surface area contributed by atoms with Crippen LogP contribution in [-0.2, 0) is 4.79 Å². The highest BCUT2D eigenvalue weighted by atomic mass is 32.2. The van der Waals surface area contributed by atoms with Crippen molar-refractivity contribution in [2.75, 3.05) is 18.8 Å². The molecular formula is C12H20N2OS. The molecule has 2 saturated heterocycles. The van der Waals surface area contributed by atoms with E-state index in [4.69, 9.17) is 0 Å². The molecule has 90 valence electrons. The lowest BCUT2D eigenvalue weighted by atomic mass is 10.2. The maximum Gasteiger partial charge on any atom is 0.239 e. The van der Waals surface area contributed by atoms with Gasteiger partial charge in [0.2, 0.25) is 5.91 Å². The fourth-order valence-electron chi connectivity index (χ4n) is 2.64. The Kier molecular flexibility index (Phi) is 3.11. The van der Waals surface area contributed by atoms with Crippen molar-refractivity contribution in [3.05, 3.63) is 0 Å². The zero-order chi connectivity index (χ0) is 11.0. The van der Waals surface area contributed by atoms with E-state index in [0.717, 1.165) is 19.5 Å². The number of amides is 1. The third-order valence-electron chi connectivity index (χ3n) is 3.76. The van der Waals surface area contributed by atoms with Crippen LogP contribution in [0.3, 0.4) is 0 Å². The molecule has 2 heterocycles. The van der Waals surface area contributed by atoms with Gasteiger partial charge in [-0.3, -0.25) is 4.79 Å². The third-order valence-corrected chi connectivity index (χ3v) is 5.14. The van der Waals surface area contributed by atoms with Crippen LogP contribution in [0.25, 0.3) is 0 Å². The monoisotopic (exact) mass is 240 g/mol. The molecule has 2 unspecified atom stereocenters. The summed E-state index contributed by atoms with van der Waals surface area (Å²) in [5, 5.41) is 4.17. The van der Waals surface area contributed by atoms with Crippen LogP contribution >= 0.6 is 11.8 Å². The molecule has 2 aliphatic heterocycles. The average Bonchev–Trinajstić information content (AvgIpc) is 2.83. The van der Waals surface area contributed by atoms with Gasteiger partial charge in [0.05, 0.1) is 6.04 Å². The molecule has 3 nitrogen and oxygen atoms in total. The lowest BCUT2D eigenvalue weighted by molar-refractivity contribution is -0.129. The van der Waals surface area contributed by atoms with Crippen LogP contribution in [0.1, 0.15) is 32.1 Å². The largest absolute Gasteiger partial charge is 0.340 e. The second kappa shape index (κ2) is 4.57. The fourth-order valence-corrected chi connectivity index (χ4v) is 3.93. The van der Waals surface area contributed by atoms with Crippen molar-refractivity contribution < 1.29 is 4.79 Å². The SMILES string of the molecule is O=C1C(NC2CC2)CCN1CC1CCCS1. The standard InChI is InChI=1S/C12H20N2OS/c15-12-11(13-9-3-4-9)5-6-14(12)8-10-2-1-7-16-10/h9-11,13H,1-8H2. The van der Waals surface area contributed by atoms with Crippen molar-refractivity contribution in [2.24, 2.45) is 0 Å². The number of nitrogens with zero attached hydrogens (tertiary/aromatic N) is 1. The normalized spacial score (nSPS) is 35.0. The maximum absolute atomic E-state index is 12.1. The molecule has 3 fully saturated rings. The number of carbonyl (C=O) groups is 1. The smallest absolute Gasteiger partial charge is 0.239 e. The molecule has 0 aromatic rings. The van der Waals surface area contributed by atoms with Gasteiger partial charge in [0.1, 0.15) is 0 Å². The molecule has 3 rings (SSSR count). The van der Waals surface area contributed by atoms with Gasteiger partial charge in [-0.25, -0.2) is 0 Å². The van der Waals surface area contributed by atoms with E-state index in [1.165, 1.54) is 31.4 Å². The molecule has 3 aliphatic rings. The van der Waals surface area contributed by atoms with E-state index in [-0.39, 0.29) is 6.04 Å². The first kappa shape index (κ1) is 10.9. The quantitative estimate of drug-likeness (QED) is 0.802. The summed E-state index contributed by atoms with van der Waals surface area (Å²) in [6.45, 7) is 1.96. The Hall–Kier alpha value is -0.220. The minimum atomic E-state index is 0.138. The van der Waals surface area contributed by atoms with E-state index < -0.39 is 0 Å². The molecule has 1 saturated carbocycles. The molecule has 0 aromatic carbocycles. The van der Waals surface area contributed by atoms with Crippen molar-refractivity contribution in [3.8, 4) is 0 Å². The van der Waals surface area contributed by atoms with E-state index in [2.05, 4.69) is 10.2 Å². The molecule has 2 atom stereocenters. The summed E-state index contributed by atoms with van der Waals surface area (Å²) >= 11 is 2.04. The van der Waals surface area contributed by atoms with Crippen molar-refractivity contribution in [3.63, 3.8) is 0 Å². The van der Waals surface area contributed by atoms with E-state index in [9.17, 15) is 4.79 Å². The molecule has 0 aromatic heterocycles. The summed E-state index contributed by atoms with van der Waals surface area (Å²) in [4.78, 5) is 14.2. The van der Waals surface area contributed by atoms with Crippen molar-refractivity contribution in [1.29, 1.82) is 0 Å². The van der Waals surface area contributed by atoms with Gasteiger partial charge < -0.3 is 10.2 Å². The van der Waals surface area contributed by atoms with Crippen LogP contribution in [0.2, 0.25) is 0 Å². The molecule has 16 heavy (non-hydrogen) atoms. The van der Waals surface area contributed by atoms with Crippen LogP contribution in [0.15, 0.2) is 0 Å². The first-order chi connectivity index (χ1) is 7.83. The van der Waals surface area contributed by atoms with Crippen LogP contribution in [0.5, 0.6) is 0 Å². The van der Waals surface area contributed by atoms with Crippen LogP contribution in [0, 0.1) is 0 Å². The van der Waals surface area contributed by atoms with Gasteiger partial charge in [-0.2, -0.15) is 11.8 Å². The minimum absolute atomic E-state index is 0.138. The van der Waals surface area contributed by atoms with Gasteiger partial charge in [0.25, 0.3) is 0 Å². The van der Waals surface area contributed by atoms with E-state index in [1.807, 2.05) is 11.8 Å². The van der Waals surface area contributed by atoms with Crippen molar-refractivity contribution in [1.82, 2.24) is 10.2 Å². The summed E-state index contributed by atoms with van der Waals surface area (Å²) in [5.74, 6) is 1.65.